The Morgan fingerprint density at radius 2 is 1.86 bits per heavy atom. The second-order valence-corrected chi connectivity index (χ2v) is 4.64. The summed E-state index contributed by atoms with van der Waals surface area (Å²) in [7, 11) is 0. The molecule has 0 unspecified atom stereocenters. The number of hydrogen-bond donors (Lipinski definition) is 1. The van der Waals surface area contributed by atoms with Crippen molar-refractivity contribution in [1.29, 1.82) is 0 Å². The van der Waals surface area contributed by atoms with E-state index in [2.05, 4.69) is 15.0 Å². The van der Waals surface area contributed by atoms with Crippen LogP contribution in [0.25, 0.3) is 22.4 Å². The fraction of sp³-hybridized carbons (Fsp3) is 0.0625. The number of nitrogen functional groups attached to an aromatic ring is 1. The van der Waals surface area contributed by atoms with Crippen molar-refractivity contribution in [2.75, 3.05) is 5.73 Å². The highest BCUT2D eigenvalue weighted by Gasteiger charge is 2.15. The third-order valence-corrected chi connectivity index (χ3v) is 3.16. The Morgan fingerprint density at radius 3 is 2.57 bits per heavy atom. The fourth-order valence-electron chi connectivity index (χ4n) is 2.30. The molecule has 3 aromatic rings. The highest BCUT2D eigenvalue weighted by atomic mass is 19.1. The van der Waals surface area contributed by atoms with Crippen molar-refractivity contribution < 1.29 is 4.39 Å². The van der Waals surface area contributed by atoms with E-state index in [1.807, 2.05) is 19.1 Å². The maximum absolute atomic E-state index is 13.5. The second-order valence-electron chi connectivity index (χ2n) is 4.64. The molecule has 0 bridgehead atoms. The minimum Gasteiger partial charge on any atom is -0.368 e. The van der Waals surface area contributed by atoms with E-state index >= 15 is 0 Å². The number of rotatable bonds is 2. The van der Waals surface area contributed by atoms with E-state index in [0.29, 0.717) is 11.3 Å². The summed E-state index contributed by atoms with van der Waals surface area (Å²) in [4.78, 5) is 12.6. The summed E-state index contributed by atoms with van der Waals surface area (Å²) in [6.45, 7) is 1.85. The lowest BCUT2D eigenvalue weighted by atomic mass is 9.99. The molecule has 5 heteroatoms. The summed E-state index contributed by atoms with van der Waals surface area (Å²) in [5, 5.41) is 0. The molecule has 0 spiro atoms. The number of nitrogens with zero attached hydrogens (tertiary/aromatic N) is 3. The molecule has 0 atom stereocenters. The van der Waals surface area contributed by atoms with Crippen molar-refractivity contribution in [2.45, 2.75) is 6.92 Å². The zero-order valence-corrected chi connectivity index (χ0v) is 11.4. The number of aromatic nitrogens is 3. The van der Waals surface area contributed by atoms with Gasteiger partial charge in [-0.05, 0) is 25.1 Å². The molecule has 1 aromatic carbocycles. The third kappa shape index (κ3) is 2.58. The maximum Gasteiger partial charge on any atom is 0.220 e. The van der Waals surface area contributed by atoms with Gasteiger partial charge >= 0.3 is 0 Å². The van der Waals surface area contributed by atoms with Gasteiger partial charge in [-0.15, -0.1) is 0 Å². The largest absolute Gasteiger partial charge is 0.368 e. The van der Waals surface area contributed by atoms with Crippen molar-refractivity contribution in [1.82, 2.24) is 15.0 Å². The number of aryl methyl sites for hydroxylation is 1. The van der Waals surface area contributed by atoms with E-state index in [4.69, 9.17) is 5.73 Å². The van der Waals surface area contributed by atoms with Gasteiger partial charge in [0, 0.05) is 29.1 Å². The van der Waals surface area contributed by atoms with Crippen molar-refractivity contribution in [3.8, 4) is 22.4 Å². The number of nitrogens with two attached hydrogens (primary N) is 1. The minimum atomic E-state index is -0.320. The van der Waals surface area contributed by atoms with Crippen LogP contribution in [0.5, 0.6) is 0 Å². The van der Waals surface area contributed by atoms with Crippen LogP contribution in [0.4, 0.5) is 10.3 Å². The van der Waals surface area contributed by atoms with Crippen LogP contribution in [0, 0.1) is 12.7 Å². The third-order valence-electron chi connectivity index (χ3n) is 3.16. The lowest BCUT2D eigenvalue weighted by Gasteiger charge is -2.12. The van der Waals surface area contributed by atoms with Crippen molar-refractivity contribution in [3.05, 3.63) is 60.3 Å². The van der Waals surface area contributed by atoms with Crippen LogP contribution in [-0.4, -0.2) is 15.0 Å². The standard InChI is InChI=1S/C16H13FN4/c1-10-14(12-5-3-7-19-9-12)15(21-16(18)20-10)11-4-2-6-13(17)8-11/h2-9H,1H3,(H2,18,20,21). The second kappa shape index (κ2) is 5.28. The van der Waals surface area contributed by atoms with Crippen LogP contribution >= 0.6 is 0 Å². The number of halogens is 1. The van der Waals surface area contributed by atoms with Crippen LogP contribution in [0.15, 0.2) is 48.8 Å². The van der Waals surface area contributed by atoms with Gasteiger partial charge in [-0.25, -0.2) is 14.4 Å². The quantitative estimate of drug-likeness (QED) is 0.782. The first kappa shape index (κ1) is 13.2. The Kier molecular flexibility index (Phi) is 3.31. The van der Waals surface area contributed by atoms with Gasteiger partial charge in [0.1, 0.15) is 5.82 Å². The molecule has 4 nitrogen and oxygen atoms in total. The number of hydrogen-bond acceptors (Lipinski definition) is 4. The predicted molar refractivity (Wildman–Crippen MR) is 79.8 cm³/mol. The van der Waals surface area contributed by atoms with E-state index in [9.17, 15) is 4.39 Å². The van der Waals surface area contributed by atoms with E-state index < -0.39 is 0 Å². The zero-order valence-electron chi connectivity index (χ0n) is 11.4. The Bertz CT molecular complexity index is 788. The first-order valence-corrected chi connectivity index (χ1v) is 6.45. The van der Waals surface area contributed by atoms with Gasteiger partial charge in [0.2, 0.25) is 5.95 Å². The maximum atomic E-state index is 13.5. The predicted octanol–water partition coefficient (Wildman–Crippen LogP) is 3.24. The van der Waals surface area contributed by atoms with Crippen LogP contribution in [-0.2, 0) is 0 Å². The van der Waals surface area contributed by atoms with Crippen molar-refractivity contribution in [3.63, 3.8) is 0 Å². The topological polar surface area (TPSA) is 64.7 Å². The summed E-state index contributed by atoms with van der Waals surface area (Å²) < 4.78 is 13.5. The summed E-state index contributed by atoms with van der Waals surface area (Å²) >= 11 is 0. The Morgan fingerprint density at radius 1 is 1.05 bits per heavy atom. The molecule has 21 heavy (non-hydrogen) atoms. The van der Waals surface area contributed by atoms with Gasteiger partial charge in [0.25, 0.3) is 0 Å². The lowest BCUT2D eigenvalue weighted by molar-refractivity contribution is 0.628. The van der Waals surface area contributed by atoms with Gasteiger partial charge in [0.05, 0.1) is 11.4 Å². The lowest BCUT2D eigenvalue weighted by Crippen LogP contribution is -2.02. The normalized spacial score (nSPS) is 10.6. The number of benzene rings is 1. The SMILES string of the molecule is Cc1nc(N)nc(-c2cccc(F)c2)c1-c1cccnc1. The highest BCUT2D eigenvalue weighted by Crippen LogP contribution is 2.32. The van der Waals surface area contributed by atoms with E-state index in [1.54, 1.807) is 24.5 Å². The van der Waals surface area contributed by atoms with Crippen molar-refractivity contribution >= 4 is 5.95 Å². The number of anilines is 1. The molecule has 0 aliphatic carbocycles. The van der Waals surface area contributed by atoms with Gasteiger partial charge in [-0.3, -0.25) is 4.98 Å². The molecule has 0 fully saturated rings. The molecule has 2 aromatic heterocycles. The molecule has 2 heterocycles. The Labute approximate surface area is 121 Å². The van der Waals surface area contributed by atoms with E-state index in [1.165, 1.54) is 12.1 Å². The molecule has 0 saturated carbocycles. The molecule has 0 aliphatic heterocycles. The van der Waals surface area contributed by atoms with Crippen LogP contribution < -0.4 is 5.73 Å². The van der Waals surface area contributed by atoms with Gasteiger partial charge < -0.3 is 5.73 Å². The summed E-state index contributed by atoms with van der Waals surface area (Å²) in [6, 6.07) is 10.0. The molecular formula is C16H13FN4. The summed E-state index contributed by atoms with van der Waals surface area (Å²) in [5.41, 5.74) is 9.42. The molecule has 3 rings (SSSR count). The first-order chi connectivity index (χ1) is 10.1. The van der Waals surface area contributed by atoms with Gasteiger partial charge in [-0.2, -0.15) is 0 Å². The van der Waals surface area contributed by atoms with Crippen molar-refractivity contribution in [2.24, 2.45) is 0 Å². The molecule has 104 valence electrons. The van der Waals surface area contributed by atoms with Gasteiger partial charge in [-0.1, -0.05) is 18.2 Å². The minimum absolute atomic E-state index is 0.166. The van der Waals surface area contributed by atoms with E-state index in [0.717, 1.165) is 16.8 Å². The number of pyridine rings is 1. The molecule has 0 amide bonds. The van der Waals surface area contributed by atoms with Crippen LogP contribution in [0.3, 0.4) is 0 Å². The highest BCUT2D eigenvalue weighted by molar-refractivity contribution is 5.82. The average molecular weight is 280 g/mol. The molecular weight excluding hydrogens is 267 g/mol. The molecule has 2 N–H and O–H groups in total. The van der Waals surface area contributed by atoms with Crippen LogP contribution in [0.1, 0.15) is 5.69 Å². The first-order valence-electron chi connectivity index (χ1n) is 6.45. The molecule has 0 saturated heterocycles. The van der Waals surface area contributed by atoms with Crippen LogP contribution in [0.2, 0.25) is 0 Å². The van der Waals surface area contributed by atoms with E-state index in [-0.39, 0.29) is 11.8 Å². The molecule has 0 aliphatic rings. The van der Waals surface area contributed by atoms with Gasteiger partial charge in [0.15, 0.2) is 0 Å². The zero-order chi connectivity index (χ0) is 14.8. The summed E-state index contributed by atoms with van der Waals surface area (Å²) in [5.74, 6) is -0.154. The molecule has 0 radical (unpaired) electrons. The average Bonchev–Trinajstić information content (AvgIpc) is 2.47. The fourth-order valence-corrected chi connectivity index (χ4v) is 2.30. The smallest absolute Gasteiger partial charge is 0.220 e. The monoisotopic (exact) mass is 280 g/mol. The Balaban J connectivity index is 2.29. The Hall–Kier alpha value is -2.82. The summed E-state index contributed by atoms with van der Waals surface area (Å²) in [6.07, 6.45) is 3.42.